The lowest BCUT2D eigenvalue weighted by Gasteiger charge is -2.45. The minimum absolute atomic E-state index is 0.0632. The predicted octanol–water partition coefficient (Wildman–Crippen LogP) is 2.59. The standard InChI is InChI=1S/C18H15NO3/c1-12(20)19-16-10-6-5-9-14(16)18(17(19)21)15(11-22-18)13-7-3-2-4-8-13/h2-10,15H,11H2,1H3/t15-,18+/m1/s1. The van der Waals surface area contributed by atoms with Crippen LogP contribution in [0.5, 0.6) is 0 Å². The van der Waals surface area contributed by atoms with Crippen LogP contribution in [0.2, 0.25) is 0 Å². The Bertz CT molecular complexity index is 771. The minimum Gasteiger partial charge on any atom is -0.359 e. The summed E-state index contributed by atoms with van der Waals surface area (Å²) in [5.74, 6) is -0.621. The summed E-state index contributed by atoms with van der Waals surface area (Å²) in [4.78, 5) is 26.2. The van der Waals surface area contributed by atoms with Gasteiger partial charge in [0.05, 0.1) is 18.2 Å². The molecule has 1 spiro atoms. The third-order valence-corrected chi connectivity index (χ3v) is 4.55. The Labute approximate surface area is 128 Å². The summed E-state index contributed by atoms with van der Waals surface area (Å²) in [6.07, 6.45) is 0. The lowest BCUT2D eigenvalue weighted by Crippen LogP contribution is -2.56. The van der Waals surface area contributed by atoms with Gasteiger partial charge in [0.15, 0.2) is 5.60 Å². The van der Waals surface area contributed by atoms with E-state index in [2.05, 4.69) is 0 Å². The third-order valence-electron chi connectivity index (χ3n) is 4.55. The molecule has 2 aliphatic rings. The summed E-state index contributed by atoms with van der Waals surface area (Å²) in [6.45, 7) is 1.89. The molecular weight excluding hydrogens is 278 g/mol. The second-order valence-corrected chi connectivity index (χ2v) is 5.69. The van der Waals surface area contributed by atoms with Gasteiger partial charge in [0.2, 0.25) is 5.91 Å². The van der Waals surface area contributed by atoms with Crippen molar-refractivity contribution in [2.24, 2.45) is 0 Å². The molecule has 4 heteroatoms. The maximum absolute atomic E-state index is 13.0. The highest BCUT2D eigenvalue weighted by atomic mass is 16.5. The first kappa shape index (κ1) is 13.2. The van der Waals surface area contributed by atoms with Gasteiger partial charge in [0.25, 0.3) is 5.91 Å². The molecule has 0 N–H and O–H groups in total. The molecule has 0 aliphatic carbocycles. The van der Waals surface area contributed by atoms with E-state index in [9.17, 15) is 9.59 Å². The van der Waals surface area contributed by atoms with E-state index < -0.39 is 5.60 Å². The fourth-order valence-corrected chi connectivity index (χ4v) is 3.51. The van der Waals surface area contributed by atoms with Gasteiger partial charge in [-0.2, -0.15) is 0 Å². The molecule has 2 atom stereocenters. The predicted molar refractivity (Wildman–Crippen MR) is 81.4 cm³/mol. The van der Waals surface area contributed by atoms with Gasteiger partial charge in [0.1, 0.15) is 0 Å². The number of hydrogen-bond donors (Lipinski definition) is 0. The van der Waals surface area contributed by atoms with Crippen LogP contribution in [-0.2, 0) is 19.9 Å². The van der Waals surface area contributed by atoms with Crippen LogP contribution in [0.1, 0.15) is 24.0 Å². The zero-order valence-electron chi connectivity index (χ0n) is 12.2. The van der Waals surface area contributed by atoms with Gasteiger partial charge >= 0.3 is 0 Å². The molecular formula is C18H15NO3. The van der Waals surface area contributed by atoms with Crippen LogP contribution in [0.4, 0.5) is 5.69 Å². The van der Waals surface area contributed by atoms with Crippen LogP contribution in [-0.4, -0.2) is 18.4 Å². The molecule has 2 aliphatic heterocycles. The molecule has 0 bridgehead atoms. The number of carbonyl (C=O) groups excluding carboxylic acids is 2. The zero-order chi connectivity index (χ0) is 15.3. The molecule has 22 heavy (non-hydrogen) atoms. The summed E-state index contributed by atoms with van der Waals surface area (Å²) >= 11 is 0. The summed E-state index contributed by atoms with van der Waals surface area (Å²) in [5, 5.41) is 0. The van der Waals surface area contributed by atoms with Gasteiger partial charge in [-0.15, -0.1) is 0 Å². The summed E-state index contributed by atoms with van der Waals surface area (Å²) in [6, 6.07) is 17.2. The minimum atomic E-state index is -1.05. The van der Waals surface area contributed by atoms with Crippen molar-refractivity contribution in [1.82, 2.24) is 0 Å². The second-order valence-electron chi connectivity index (χ2n) is 5.69. The van der Waals surface area contributed by atoms with Crippen molar-refractivity contribution in [2.75, 3.05) is 11.5 Å². The van der Waals surface area contributed by atoms with Crippen molar-refractivity contribution in [3.63, 3.8) is 0 Å². The number of anilines is 1. The maximum Gasteiger partial charge on any atom is 0.271 e. The van der Waals surface area contributed by atoms with E-state index in [1.165, 1.54) is 11.8 Å². The van der Waals surface area contributed by atoms with Crippen molar-refractivity contribution in [3.05, 3.63) is 65.7 Å². The van der Waals surface area contributed by atoms with E-state index in [-0.39, 0.29) is 17.7 Å². The van der Waals surface area contributed by atoms with Crippen molar-refractivity contribution in [2.45, 2.75) is 18.4 Å². The monoisotopic (exact) mass is 293 g/mol. The molecule has 110 valence electrons. The number of carbonyl (C=O) groups is 2. The number of hydrogen-bond acceptors (Lipinski definition) is 3. The second kappa shape index (κ2) is 4.52. The lowest BCUT2D eigenvalue weighted by atomic mass is 9.74. The highest BCUT2D eigenvalue weighted by molar-refractivity contribution is 6.22. The van der Waals surface area contributed by atoms with Crippen molar-refractivity contribution in [1.29, 1.82) is 0 Å². The topological polar surface area (TPSA) is 46.6 Å². The average molecular weight is 293 g/mol. The molecule has 0 unspecified atom stereocenters. The first-order valence-corrected chi connectivity index (χ1v) is 7.30. The Morgan fingerprint density at radius 2 is 1.82 bits per heavy atom. The van der Waals surface area contributed by atoms with Crippen molar-refractivity contribution >= 4 is 17.5 Å². The molecule has 1 fully saturated rings. The number of fused-ring (bicyclic) bond motifs is 2. The van der Waals surface area contributed by atoms with Gasteiger partial charge in [-0.25, -0.2) is 4.90 Å². The van der Waals surface area contributed by atoms with Crippen LogP contribution >= 0.6 is 0 Å². The number of ether oxygens (including phenoxy) is 1. The highest BCUT2D eigenvalue weighted by Gasteiger charge is 2.63. The Hall–Kier alpha value is -2.46. The van der Waals surface area contributed by atoms with Crippen LogP contribution in [0.3, 0.4) is 0 Å². The van der Waals surface area contributed by atoms with Crippen LogP contribution < -0.4 is 4.90 Å². The average Bonchev–Trinajstić information content (AvgIpc) is 2.77. The first-order valence-electron chi connectivity index (χ1n) is 7.30. The summed E-state index contributed by atoms with van der Waals surface area (Å²) in [5.41, 5.74) is 1.43. The Morgan fingerprint density at radius 3 is 2.45 bits per heavy atom. The van der Waals surface area contributed by atoms with Gasteiger partial charge in [-0.05, 0) is 11.6 Å². The zero-order valence-corrected chi connectivity index (χ0v) is 12.2. The largest absolute Gasteiger partial charge is 0.359 e. The molecule has 2 amide bonds. The molecule has 2 aromatic carbocycles. The van der Waals surface area contributed by atoms with Gasteiger partial charge < -0.3 is 4.74 Å². The Kier molecular flexibility index (Phi) is 2.71. The third kappa shape index (κ3) is 1.50. The fourth-order valence-electron chi connectivity index (χ4n) is 3.51. The molecule has 4 rings (SSSR count). The van der Waals surface area contributed by atoms with Gasteiger partial charge in [-0.3, -0.25) is 9.59 Å². The number of rotatable bonds is 1. The molecule has 4 nitrogen and oxygen atoms in total. The number of benzene rings is 2. The summed E-state index contributed by atoms with van der Waals surface area (Å²) in [7, 11) is 0. The first-order chi connectivity index (χ1) is 10.7. The van der Waals surface area contributed by atoms with E-state index in [4.69, 9.17) is 4.74 Å². The smallest absolute Gasteiger partial charge is 0.271 e. The van der Waals surface area contributed by atoms with Crippen LogP contribution in [0.15, 0.2) is 54.6 Å². The summed E-state index contributed by atoms with van der Waals surface area (Å²) < 4.78 is 5.82. The number of nitrogens with zero attached hydrogens (tertiary/aromatic N) is 1. The van der Waals surface area contributed by atoms with Crippen LogP contribution in [0.25, 0.3) is 0 Å². The van der Waals surface area contributed by atoms with E-state index in [1.807, 2.05) is 48.5 Å². The normalized spacial score (nSPS) is 26.0. The molecule has 1 saturated heterocycles. The van der Waals surface area contributed by atoms with Gasteiger partial charge in [-0.1, -0.05) is 48.5 Å². The Morgan fingerprint density at radius 1 is 1.14 bits per heavy atom. The van der Waals surface area contributed by atoms with E-state index >= 15 is 0 Å². The molecule has 0 saturated carbocycles. The Balaban J connectivity index is 1.89. The lowest BCUT2D eigenvalue weighted by molar-refractivity contribution is -0.186. The van der Waals surface area contributed by atoms with E-state index in [1.54, 1.807) is 6.07 Å². The van der Waals surface area contributed by atoms with E-state index in [0.29, 0.717) is 12.3 Å². The fraction of sp³-hybridized carbons (Fsp3) is 0.222. The SMILES string of the molecule is CC(=O)N1C(=O)[C@]2(OC[C@@H]2c2ccccc2)c2ccccc21. The molecule has 0 aromatic heterocycles. The number of imide groups is 1. The van der Waals surface area contributed by atoms with Crippen LogP contribution in [0, 0.1) is 0 Å². The molecule has 0 radical (unpaired) electrons. The number of amides is 2. The highest BCUT2D eigenvalue weighted by Crippen LogP contribution is 2.56. The van der Waals surface area contributed by atoms with Crippen molar-refractivity contribution < 1.29 is 14.3 Å². The van der Waals surface area contributed by atoms with E-state index in [0.717, 1.165) is 11.1 Å². The van der Waals surface area contributed by atoms with Crippen molar-refractivity contribution in [3.8, 4) is 0 Å². The number of para-hydroxylation sites is 1. The quantitative estimate of drug-likeness (QED) is 0.812. The molecule has 2 aromatic rings. The maximum atomic E-state index is 13.0. The van der Waals surface area contributed by atoms with Gasteiger partial charge in [0, 0.05) is 12.5 Å². The molecule has 2 heterocycles.